The van der Waals surface area contributed by atoms with E-state index in [2.05, 4.69) is 35.8 Å². The molecule has 4 heteroatoms. The van der Waals surface area contributed by atoms with Crippen LogP contribution in [0.1, 0.15) is 28.1 Å². The Morgan fingerprint density at radius 2 is 1.29 bits per heavy atom. The first kappa shape index (κ1) is 20.5. The van der Waals surface area contributed by atoms with E-state index in [1.807, 2.05) is 85.0 Å². The highest BCUT2D eigenvalue weighted by molar-refractivity contribution is 7.99. The highest BCUT2D eigenvalue weighted by Gasteiger charge is 2.04. The molecule has 0 atom stereocenters. The molecule has 152 valence electrons. The molecule has 0 amide bonds. The number of rotatable bonds is 2. The Morgan fingerprint density at radius 3 is 1.77 bits per heavy atom. The van der Waals surface area contributed by atoms with Gasteiger partial charge in [0.05, 0.1) is 11.4 Å². The maximum absolute atomic E-state index is 9.81. The Hall–Kier alpha value is -3.73. The lowest BCUT2D eigenvalue weighted by Crippen LogP contribution is -1.89. The third-order valence-electron chi connectivity index (χ3n) is 4.87. The van der Waals surface area contributed by atoms with E-state index in [1.54, 1.807) is 17.8 Å². The number of phenols is 1. The van der Waals surface area contributed by atoms with E-state index in [0.29, 0.717) is 5.75 Å². The number of hydrogen-bond acceptors (Lipinski definition) is 2. The van der Waals surface area contributed by atoms with E-state index >= 15 is 0 Å². The number of aryl methyl sites for hydroxylation is 3. The first-order valence-electron chi connectivity index (χ1n) is 9.87. The largest absolute Gasteiger partial charge is 0.508 e. The third kappa shape index (κ3) is 5.07. The fourth-order valence-electron chi connectivity index (χ4n) is 3.08. The van der Waals surface area contributed by atoms with Crippen molar-refractivity contribution < 1.29 is 5.11 Å². The van der Waals surface area contributed by atoms with Crippen LogP contribution in [-0.2, 0) is 14.1 Å². The van der Waals surface area contributed by atoms with Crippen LogP contribution in [0, 0.1) is 30.6 Å². The van der Waals surface area contributed by atoms with Crippen molar-refractivity contribution >= 4 is 11.8 Å². The van der Waals surface area contributed by atoms with Gasteiger partial charge in [-0.15, -0.1) is 0 Å². The molecule has 0 fully saturated rings. The van der Waals surface area contributed by atoms with Crippen molar-refractivity contribution in [1.82, 2.24) is 9.13 Å². The lowest BCUT2D eigenvalue weighted by molar-refractivity contribution is 0.470. The van der Waals surface area contributed by atoms with Crippen molar-refractivity contribution in [1.29, 1.82) is 0 Å². The average Bonchev–Trinajstić information content (AvgIpc) is 3.35. The van der Waals surface area contributed by atoms with Crippen LogP contribution in [0.25, 0.3) is 0 Å². The summed E-state index contributed by atoms with van der Waals surface area (Å²) < 4.78 is 4.00. The minimum atomic E-state index is 0.306. The topological polar surface area (TPSA) is 30.1 Å². The van der Waals surface area contributed by atoms with E-state index in [-0.39, 0.29) is 0 Å². The van der Waals surface area contributed by atoms with Crippen LogP contribution in [0.3, 0.4) is 0 Å². The molecule has 0 saturated heterocycles. The van der Waals surface area contributed by atoms with Crippen LogP contribution in [-0.4, -0.2) is 14.2 Å². The van der Waals surface area contributed by atoms with Gasteiger partial charge >= 0.3 is 0 Å². The van der Waals surface area contributed by atoms with Crippen molar-refractivity contribution in [2.75, 3.05) is 0 Å². The molecular weight excluding hydrogens is 400 g/mol. The minimum Gasteiger partial charge on any atom is -0.508 e. The summed E-state index contributed by atoms with van der Waals surface area (Å²) in [7, 11) is 3.97. The molecule has 2 heterocycles. The van der Waals surface area contributed by atoms with Gasteiger partial charge in [0, 0.05) is 47.4 Å². The Bertz CT molecular complexity index is 1290. The maximum Gasteiger partial charge on any atom is 0.118 e. The van der Waals surface area contributed by atoms with Gasteiger partial charge in [0.15, 0.2) is 0 Å². The molecule has 0 radical (unpaired) electrons. The van der Waals surface area contributed by atoms with Crippen molar-refractivity contribution in [2.24, 2.45) is 14.1 Å². The van der Waals surface area contributed by atoms with Gasteiger partial charge in [0.25, 0.3) is 0 Å². The molecule has 4 aromatic rings. The number of nitrogens with zero attached hydrogens (tertiary/aromatic N) is 2. The van der Waals surface area contributed by atoms with Gasteiger partial charge in [-0.2, -0.15) is 0 Å². The smallest absolute Gasteiger partial charge is 0.118 e. The van der Waals surface area contributed by atoms with E-state index in [0.717, 1.165) is 37.9 Å². The fourth-order valence-corrected chi connectivity index (χ4v) is 4.10. The summed E-state index contributed by atoms with van der Waals surface area (Å²) in [4.78, 5) is 2.11. The SMILES string of the molecule is Cc1cc(Sc2cc(C#Cc3cccn3C)cc(C#Cc3cccn3C)c2)ccc1O. The summed E-state index contributed by atoms with van der Waals surface area (Å²) in [5, 5.41) is 9.81. The van der Waals surface area contributed by atoms with E-state index in [9.17, 15) is 5.11 Å². The number of phenolic OH excluding ortho intramolecular Hbond substituents is 1. The van der Waals surface area contributed by atoms with Crippen molar-refractivity contribution in [3.05, 3.63) is 101 Å². The monoisotopic (exact) mass is 422 g/mol. The highest BCUT2D eigenvalue weighted by Crippen LogP contribution is 2.31. The average molecular weight is 423 g/mol. The lowest BCUT2D eigenvalue weighted by atomic mass is 10.1. The highest BCUT2D eigenvalue weighted by atomic mass is 32.2. The molecule has 0 saturated carbocycles. The summed E-state index contributed by atoms with van der Waals surface area (Å²) in [6.45, 7) is 1.90. The number of aromatic hydroxyl groups is 1. The van der Waals surface area contributed by atoms with Crippen molar-refractivity contribution in [3.63, 3.8) is 0 Å². The van der Waals surface area contributed by atoms with Gasteiger partial charge in [-0.25, -0.2) is 0 Å². The predicted octanol–water partition coefficient (Wildman–Crippen LogP) is 5.33. The second-order valence-corrected chi connectivity index (χ2v) is 8.45. The summed E-state index contributed by atoms with van der Waals surface area (Å²) in [6, 6.07) is 19.8. The first-order chi connectivity index (χ1) is 15.0. The Balaban J connectivity index is 1.72. The molecule has 1 N–H and O–H groups in total. The molecule has 2 aromatic carbocycles. The van der Waals surface area contributed by atoms with Gasteiger partial charge in [-0.05, 0) is 85.0 Å². The van der Waals surface area contributed by atoms with E-state index < -0.39 is 0 Å². The van der Waals surface area contributed by atoms with Crippen molar-refractivity contribution in [3.8, 4) is 29.4 Å². The fraction of sp³-hybridized carbons (Fsp3) is 0.111. The summed E-state index contributed by atoms with van der Waals surface area (Å²) in [5.41, 5.74) is 4.61. The molecule has 0 spiro atoms. The van der Waals surface area contributed by atoms with Crippen LogP contribution in [0.5, 0.6) is 5.75 Å². The quantitative estimate of drug-likeness (QED) is 0.443. The second kappa shape index (κ2) is 8.96. The normalized spacial score (nSPS) is 10.2. The van der Waals surface area contributed by atoms with Gasteiger partial charge in [0.2, 0.25) is 0 Å². The zero-order valence-electron chi connectivity index (χ0n) is 17.7. The van der Waals surface area contributed by atoms with Crippen LogP contribution < -0.4 is 0 Å². The zero-order chi connectivity index (χ0) is 21.8. The third-order valence-corrected chi connectivity index (χ3v) is 5.83. The summed E-state index contributed by atoms with van der Waals surface area (Å²) in [6.07, 6.45) is 3.97. The van der Waals surface area contributed by atoms with Gasteiger partial charge in [-0.3, -0.25) is 0 Å². The predicted molar refractivity (Wildman–Crippen MR) is 126 cm³/mol. The van der Waals surface area contributed by atoms with Crippen LogP contribution in [0.4, 0.5) is 0 Å². The van der Waals surface area contributed by atoms with E-state index in [1.165, 1.54) is 0 Å². The Morgan fingerprint density at radius 1 is 0.710 bits per heavy atom. The maximum atomic E-state index is 9.81. The van der Waals surface area contributed by atoms with Crippen LogP contribution >= 0.6 is 11.8 Å². The standard InChI is InChI=1S/C27H22N2OS/c1-20-16-25(12-13-27(20)30)31-26-18-21(8-10-23-6-4-14-28(23)2)17-22(19-26)9-11-24-7-5-15-29(24)3/h4-7,12-19,30H,1-3H3. The molecule has 0 aliphatic rings. The summed E-state index contributed by atoms with van der Waals surface area (Å²) >= 11 is 1.63. The zero-order valence-corrected chi connectivity index (χ0v) is 18.5. The van der Waals surface area contributed by atoms with Gasteiger partial charge in [0.1, 0.15) is 5.75 Å². The second-order valence-electron chi connectivity index (χ2n) is 7.31. The molecular formula is C27H22N2OS. The molecule has 31 heavy (non-hydrogen) atoms. The molecule has 3 nitrogen and oxygen atoms in total. The molecule has 2 aromatic heterocycles. The Labute approximate surface area is 187 Å². The molecule has 4 rings (SSSR count). The number of benzene rings is 2. The lowest BCUT2D eigenvalue weighted by Gasteiger charge is -2.06. The summed E-state index contributed by atoms with van der Waals surface area (Å²) in [5.74, 6) is 13.4. The van der Waals surface area contributed by atoms with Gasteiger partial charge in [-0.1, -0.05) is 23.6 Å². The van der Waals surface area contributed by atoms with Crippen LogP contribution in [0.15, 0.2) is 82.8 Å². The first-order valence-corrected chi connectivity index (χ1v) is 10.7. The number of aromatic nitrogens is 2. The molecule has 0 aliphatic heterocycles. The van der Waals surface area contributed by atoms with Crippen LogP contribution in [0.2, 0.25) is 0 Å². The molecule has 0 bridgehead atoms. The number of hydrogen-bond donors (Lipinski definition) is 1. The van der Waals surface area contributed by atoms with Gasteiger partial charge < -0.3 is 14.2 Å². The van der Waals surface area contributed by atoms with Crippen molar-refractivity contribution in [2.45, 2.75) is 16.7 Å². The Kier molecular flexibility index (Phi) is 5.94. The molecule has 0 aliphatic carbocycles. The van der Waals surface area contributed by atoms with E-state index in [4.69, 9.17) is 0 Å². The molecule has 0 unspecified atom stereocenters. The minimum absolute atomic E-state index is 0.306.